The molecule has 3 aromatic heterocycles. The van der Waals surface area contributed by atoms with Crippen molar-refractivity contribution < 1.29 is 0 Å². The molecule has 1 atom stereocenters. The molecule has 11 heteroatoms. The topological polar surface area (TPSA) is 86.7 Å². The molecule has 3 heterocycles. The van der Waals surface area contributed by atoms with Crippen molar-refractivity contribution in [3.05, 3.63) is 98.6 Å². The van der Waals surface area contributed by atoms with Gasteiger partial charge in [-0.25, -0.2) is 4.98 Å². The maximum Gasteiger partial charge on any atom is 0.274 e. The molecule has 1 unspecified atom stereocenters. The van der Waals surface area contributed by atoms with Crippen LogP contribution in [0.15, 0.2) is 73.1 Å². The lowest BCUT2D eigenvalue weighted by Crippen LogP contribution is -2.26. The lowest BCUT2D eigenvalue weighted by molar-refractivity contribution is 0.713. The number of nitrogens with zero attached hydrogens (tertiary/aromatic N) is 8. The van der Waals surface area contributed by atoms with Crippen LogP contribution in [-0.2, 0) is 11.9 Å². The summed E-state index contributed by atoms with van der Waals surface area (Å²) in [4.78, 5) is 3.65. The number of halogens is 3. The quantitative estimate of drug-likeness (QED) is 0.199. The second kappa shape index (κ2) is 8.51. The first kappa shape index (κ1) is 22.3. The van der Waals surface area contributed by atoms with Gasteiger partial charge in [0.1, 0.15) is 6.33 Å². The van der Waals surface area contributed by atoms with E-state index in [1.54, 1.807) is 10.8 Å². The van der Waals surface area contributed by atoms with Crippen LogP contribution in [0.4, 0.5) is 0 Å². The van der Waals surface area contributed by atoms with Gasteiger partial charge in [0.05, 0.1) is 11.2 Å². The van der Waals surface area contributed by atoms with Crippen molar-refractivity contribution in [2.75, 3.05) is 0 Å². The van der Waals surface area contributed by atoms with E-state index in [9.17, 15) is 0 Å². The van der Waals surface area contributed by atoms with Crippen molar-refractivity contribution in [3.8, 4) is 11.3 Å². The molecule has 0 saturated heterocycles. The summed E-state index contributed by atoms with van der Waals surface area (Å²) in [5.74, 6) is 0.990. The number of alkyl halides is 1. The third kappa shape index (κ3) is 3.65. The van der Waals surface area contributed by atoms with E-state index in [1.807, 2.05) is 78.3 Å². The Kier molecular flexibility index (Phi) is 5.42. The zero-order chi connectivity index (χ0) is 24.2. The lowest BCUT2D eigenvalue weighted by atomic mass is 9.88. The number of tetrazole rings is 1. The van der Waals surface area contributed by atoms with Gasteiger partial charge in [-0.15, -0.1) is 10.2 Å². The highest BCUT2D eigenvalue weighted by atomic mass is 127. The first-order valence-corrected chi connectivity index (χ1v) is 12.4. The van der Waals surface area contributed by atoms with Crippen LogP contribution in [-0.4, -0.2) is 39.8 Å². The van der Waals surface area contributed by atoms with Crippen LogP contribution in [0.25, 0.3) is 27.9 Å². The molecule has 0 radical (unpaired) electrons. The van der Waals surface area contributed by atoms with Crippen molar-refractivity contribution >= 4 is 62.5 Å². The fourth-order valence-electron chi connectivity index (χ4n) is 4.25. The largest absolute Gasteiger partial charge is 0.319 e. The minimum absolute atomic E-state index is 0.392. The molecule has 3 aromatic carbocycles. The molecule has 0 amide bonds. The fourth-order valence-corrected chi connectivity index (χ4v) is 5.21. The minimum Gasteiger partial charge on any atom is -0.319 e. The van der Waals surface area contributed by atoms with Gasteiger partial charge in [-0.2, -0.15) is 4.52 Å². The summed E-state index contributed by atoms with van der Waals surface area (Å²) in [6.07, 6.45) is 1.64. The van der Waals surface area contributed by atoms with Crippen molar-refractivity contribution in [1.29, 1.82) is 0 Å². The summed E-state index contributed by atoms with van der Waals surface area (Å²) in [7, 11) is 1.88. The Morgan fingerprint density at radius 3 is 2.49 bits per heavy atom. The maximum atomic E-state index is 7.52. The van der Waals surface area contributed by atoms with Gasteiger partial charge in [-0.05, 0) is 80.5 Å². The number of fused-ring (bicyclic) bond motifs is 3. The first-order chi connectivity index (χ1) is 16.9. The van der Waals surface area contributed by atoms with Gasteiger partial charge in [-0.3, -0.25) is 0 Å². The molecule has 8 nitrogen and oxygen atoms in total. The van der Waals surface area contributed by atoms with Gasteiger partial charge in [0, 0.05) is 26.6 Å². The zero-order valence-corrected chi connectivity index (χ0v) is 21.8. The average Bonchev–Trinajstić information content (AvgIpc) is 3.52. The third-order valence-electron chi connectivity index (χ3n) is 5.90. The Balaban J connectivity index is 1.68. The van der Waals surface area contributed by atoms with Crippen LogP contribution in [0, 0.1) is 3.57 Å². The minimum atomic E-state index is -1.11. The second-order valence-corrected chi connectivity index (χ2v) is 10.3. The molecule has 6 aromatic rings. The Morgan fingerprint density at radius 2 is 1.74 bits per heavy atom. The molecule has 0 aliphatic rings. The molecule has 0 N–H and O–H groups in total. The summed E-state index contributed by atoms with van der Waals surface area (Å²) in [5, 5.41) is 21.9. The van der Waals surface area contributed by atoms with E-state index in [4.69, 9.17) is 28.2 Å². The summed E-state index contributed by atoms with van der Waals surface area (Å²) in [6.45, 7) is 0. The van der Waals surface area contributed by atoms with Gasteiger partial charge in [0.15, 0.2) is 10.7 Å². The summed E-state index contributed by atoms with van der Waals surface area (Å²) >= 11 is 16.1. The predicted molar refractivity (Wildman–Crippen MR) is 142 cm³/mol. The van der Waals surface area contributed by atoms with E-state index >= 15 is 0 Å². The molecule has 0 fully saturated rings. The third-order valence-corrected chi connectivity index (χ3v) is 7.46. The molecule has 0 aliphatic carbocycles. The van der Waals surface area contributed by atoms with E-state index < -0.39 is 4.87 Å². The Labute approximate surface area is 223 Å². The summed E-state index contributed by atoms with van der Waals surface area (Å²) < 4.78 is 4.54. The van der Waals surface area contributed by atoms with E-state index in [0.717, 1.165) is 31.2 Å². The monoisotopic (exact) mass is 612 g/mol. The van der Waals surface area contributed by atoms with E-state index in [2.05, 4.69) is 48.3 Å². The Bertz CT molecular complexity index is 1710. The number of aromatic nitrogens is 8. The lowest BCUT2D eigenvalue weighted by Gasteiger charge is -2.28. The Hall–Kier alpha value is -3.15. The van der Waals surface area contributed by atoms with Crippen molar-refractivity contribution in [3.63, 3.8) is 0 Å². The number of rotatable bonds is 4. The van der Waals surface area contributed by atoms with Crippen LogP contribution < -0.4 is 0 Å². The zero-order valence-electron chi connectivity index (χ0n) is 18.1. The van der Waals surface area contributed by atoms with E-state index in [0.29, 0.717) is 22.3 Å². The molecular weight excluding hydrogens is 598 g/mol. The molecule has 35 heavy (non-hydrogen) atoms. The molecule has 0 aliphatic heterocycles. The highest BCUT2D eigenvalue weighted by Crippen LogP contribution is 2.43. The first-order valence-electron chi connectivity index (χ1n) is 10.5. The molecular formula is C24H15Cl2IN8. The molecule has 172 valence electrons. The van der Waals surface area contributed by atoms with Gasteiger partial charge in [-0.1, -0.05) is 58.6 Å². The predicted octanol–water partition coefficient (Wildman–Crippen LogP) is 5.26. The van der Waals surface area contributed by atoms with Crippen LogP contribution in [0.5, 0.6) is 0 Å². The van der Waals surface area contributed by atoms with Crippen LogP contribution in [0.3, 0.4) is 0 Å². The van der Waals surface area contributed by atoms with Gasteiger partial charge in [0.2, 0.25) is 0 Å². The maximum absolute atomic E-state index is 7.52. The van der Waals surface area contributed by atoms with Gasteiger partial charge >= 0.3 is 0 Å². The van der Waals surface area contributed by atoms with Crippen molar-refractivity contribution in [2.24, 2.45) is 7.05 Å². The number of hydrogen-bond acceptors (Lipinski definition) is 6. The molecule has 6 rings (SSSR count). The van der Waals surface area contributed by atoms with E-state index in [1.165, 1.54) is 0 Å². The van der Waals surface area contributed by atoms with Crippen LogP contribution >= 0.6 is 45.8 Å². The fraction of sp³-hybridized carbons (Fsp3) is 0.0833. The number of benzene rings is 3. The van der Waals surface area contributed by atoms with Gasteiger partial charge < -0.3 is 4.57 Å². The average molecular weight is 613 g/mol. The van der Waals surface area contributed by atoms with E-state index in [-0.39, 0.29) is 0 Å². The standard InChI is InChI=1S/C24H15Cl2IN8/c1-34-13-28-30-22(34)24(26,15-5-8-18(27)9-6-15)16-7-10-20-19(12-16)21(14-3-2-4-17(25)11-14)29-23-31-32-33-35(20)23/h2-13H,1H3. The van der Waals surface area contributed by atoms with Gasteiger partial charge in [0.25, 0.3) is 5.78 Å². The highest BCUT2D eigenvalue weighted by molar-refractivity contribution is 14.1. The summed E-state index contributed by atoms with van der Waals surface area (Å²) in [6, 6.07) is 21.5. The Morgan fingerprint density at radius 1 is 0.943 bits per heavy atom. The molecule has 0 spiro atoms. The normalized spacial score (nSPS) is 13.4. The molecule has 0 bridgehead atoms. The number of hydrogen-bond donors (Lipinski definition) is 0. The smallest absolute Gasteiger partial charge is 0.274 e. The van der Waals surface area contributed by atoms with Crippen LogP contribution in [0.1, 0.15) is 17.0 Å². The second-order valence-electron chi connectivity index (χ2n) is 8.02. The molecule has 0 saturated carbocycles. The van der Waals surface area contributed by atoms with Crippen LogP contribution in [0.2, 0.25) is 5.02 Å². The summed E-state index contributed by atoms with van der Waals surface area (Å²) in [5.41, 5.74) is 4.01. The van der Waals surface area contributed by atoms with Crippen molar-refractivity contribution in [2.45, 2.75) is 4.87 Å². The SMILES string of the molecule is Cn1cnnc1C(Cl)(c1ccc(I)cc1)c1ccc2c(c1)c(-c1cccc(Cl)c1)nc1nnnn12. The number of aryl methyl sites for hydroxylation is 1. The highest BCUT2D eigenvalue weighted by Gasteiger charge is 2.39. The van der Waals surface area contributed by atoms with Crippen molar-refractivity contribution in [1.82, 2.24) is 39.8 Å².